The Morgan fingerprint density at radius 1 is 1.29 bits per heavy atom. The summed E-state index contributed by atoms with van der Waals surface area (Å²) in [5.74, 6) is 0.476. The van der Waals surface area contributed by atoms with Crippen molar-refractivity contribution in [3.63, 3.8) is 0 Å². The summed E-state index contributed by atoms with van der Waals surface area (Å²) >= 11 is 0. The first-order valence-corrected chi connectivity index (χ1v) is 7.75. The number of aromatic nitrogens is 1. The number of pyridine rings is 1. The van der Waals surface area contributed by atoms with E-state index in [0.29, 0.717) is 5.88 Å². The highest BCUT2D eigenvalue weighted by Gasteiger charge is 2.17. The molecule has 0 aliphatic carbocycles. The second kappa shape index (κ2) is 6.11. The topological polar surface area (TPSA) is 94.3 Å². The number of nitrogens with two attached hydrogens (primary N) is 1. The van der Waals surface area contributed by atoms with Crippen LogP contribution in [0.15, 0.2) is 41.4 Å². The number of nitrogens with one attached hydrogen (secondary N) is 1. The lowest BCUT2D eigenvalue weighted by atomic mass is 10.2. The van der Waals surface area contributed by atoms with Crippen LogP contribution in [0.4, 0.5) is 5.69 Å². The highest BCUT2D eigenvalue weighted by Crippen LogP contribution is 2.19. The quantitative estimate of drug-likeness (QED) is 0.816. The van der Waals surface area contributed by atoms with Crippen LogP contribution in [-0.4, -0.2) is 20.5 Å². The smallest absolute Gasteiger partial charge is 0.242 e. The van der Waals surface area contributed by atoms with Crippen LogP contribution >= 0.6 is 0 Å². The Labute approximate surface area is 124 Å². The van der Waals surface area contributed by atoms with E-state index in [9.17, 15) is 8.42 Å². The Morgan fingerprint density at radius 2 is 2.05 bits per heavy atom. The van der Waals surface area contributed by atoms with Crippen molar-refractivity contribution in [2.75, 3.05) is 12.8 Å². The highest BCUT2D eigenvalue weighted by molar-refractivity contribution is 7.89. The average molecular weight is 307 g/mol. The molecule has 3 N–H and O–H groups in total. The van der Waals surface area contributed by atoms with Crippen LogP contribution in [0.5, 0.6) is 5.88 Å². The molecule has 0 spiro atoms. The number of ether oxygens (including phenoxy) is 1. The maximum atomic E-state index is 12.2. The van der Waals surface area contributed by atoms with Crippen LogP contribution in [0.25, 0.3) is 0 Å². The van der Waals surface area contributed by atoms with E-state index < -0.39 is 10.0 Å². The number of anilines is 1. The molecule has 7 heteroatoms. The van der Waals surface area contributed by atoms with Gasteiger partial charge in [0.1, 0.15) is 4.90 Å². The van der Waals surface area contributed by atoms with Crippen LogP contribution in [0.3, 0.4) is 0 Å². The van der Waals surface area contributed by atoms with Gasteiger partial charge in [-0.25, -0.2) is 18.1 Å². The predicted molar refractivity (Wildman–Crippen MR) is 80.4 cm³/mol. The molecule has 6 nitrogen and oxygen atoms in total. The Balaban J connectivity index is 2.13. The molecule has 1 heterocycles. The molecule has 21 heavy (non-hydrogen) atoms. The number of benzene rings is 1. The van der Waals surface area contributed by atoms with Gasteiger partial charge < -0.3 is 10.5 Å². The van der Waals surface area contributed by atoms with E-state index in [0.717, 1.165) is 11.1 Å². The van der Waals surface area contributed by atoms with Gasteiger partial charge in [-0.2, -0.15) is 0 Å². The predicted octanol–water partition coefficient (Wildman–Crippen LogP) is 1.46. The number of hydrogen-bond acceptors (Lipinski definition) is 5. The van der Waals surface area contributed by atoms with Gasteiger partial charge in [0.15, 0.2) is 0 Å². The number of aryl methyl sites for hydroxylation is 1. The number of rotatable bonds is 5. The van der Waals surface area contributed by atoms with E-state index in [1.165, 1.54) is 13.2 Å². The minimum absolute atomic E-state index is 0.0783. The molecule has 2 rings (SSSR count). The molecule has 0 aliphatic heterocycles. The fourth-order valence-corrected chi connectivity index (χ4v) is 2.93. The third-order valence-corrected chi connectivity index (χ3v) is 4.40. The van der Waals surface area contributed by atoms with Crippen molar-refractivity contribution in [1.29, 1.82) is 0 Å². The first-order valence-electron chi connectivity index (χ1n) is 6.27. The Morgan fingerprint density at radius 3 is 2.62 bits per heavy atom. The van der Waals surface area contributed by atoms with Crippen LogP contribution in [0.2, 0.25) is 0 Å². The zero-order valence-corrected chi connectivity index (χ0v) is 12.6. The minimum Gasteiger partial charge on any atom is -0.481 e. The first-order chi connectivity index (χ1) is 9.92. The van der Waals surface area contributed by atoms with Gasteiger partial charge in [0.25, 0.3) is 0 Å². The van der Waals surface area contributed by atoms with Gasteiger partial charge >= 0.3 is 0 Å². The first kappa shape index (κ1) is 15.3. The molecule has 1 aromatic carbocycles. The molecule has 0 aliphatic rings. The van der Waals surface area contributed by atoms with Crippen LogP contribution in [-0.2, 0) is 16.6 Å². The zero-order chi connectivity index (χ0) is 15.5. The van der Waals surface area contributed by atoms with Gasteiger partial charge in [-0.15, -0.1) is 0 Å². The van der Waals surface area contributed by atoms with Gasteiger partial charge in [-0.1, -0.05) is 12.1 Å². The monoisotopic (exact) mass is 307 g/mol. The SMILES string of the molecule is COc1ccc(CNS(=O)(=O)c2ccc(C)cc2N)cn1. The van der Waals surface area contributed by atoms with Crippen molar-refractivity contribution in [3.05, 3.63) is 47.7 Å². The average Bonchev–Trinajstić information content (AvgIpc) is 2.45. The van der Waals surface area contributed by atoms with Gasteiger partial charge in [-0.05, 0) is 30.2 Å². The van der Waals surface area contributed by atoms with Crippen molar-refractivity contribution in [2.24, 2.45) is 0 Å². The number of methoxy groups -OCH3 is 1. The summed E-state index contributed by atoms with van der Waals surface area (Å²) in [5.41, 5.74) is 7.63. The molecule has 0 saturated heterocycles. The molecular weight excluding hydrogens is 290 g/mol. The molecule has 0 radical (unpaired) electrons. The molecular formula is C14H17N3O3S. The van der Waals surface area contributed by atoms with Gasteiger partial charge in [0, 0.05) is 18.8 Å². The molecule has 0 unspecified atom stereocenters. The highest BCUT2D eigenvalue weighted by atomic mass is 32.2. The molecule has 2 aromatic rings. The van der Waals surface area contributed by atoms with Gasteiger partial charge in [0.05, 0.1) is 12.8 Å². The van der Waals surface area contributed by atoms with E-state index >= 15 is 0 Å². The Hall–Kier alpha value is -2.12. The van der Waals surface area contributed by atoms with Crippen molar-refractivity contribution >= 4 is 15.7 Å². The largest absolute Gasteiger partial charge is 0.481 e. The summed E-state index contributed by atoms with van der Waals surface area (Å²) < 4.78 is 31.9. The van der Waals surface area contributed by atoms with E-state index in [1.54, 1.807) is 30.5 Å². The van der Waals surface area contributed by atoms with Crippen molar-refractivity contribution in [1.82, 2.24) is 9.71 Å². The van der Waals surface area contributed by atoms with E-state index in [4.69, 9.17) is 10.5 Å². The summed E-state index contributed by atoms with van der Waals surface area (Å²) in [6.07, 6.45) is 1.56. The molecule has 1 aromatic heterocycles. The number of nitrogen functional groups attached to an aromatic ring is 1. The van der Waals surface area contributed by atoms with E-state index in [2.05, 4.69) is 9.71 Å². The molecule has 0 atom stereocenters. The van der Waals surface area contributed by atoms with Crippen molar-refractivity contribution < 1.29 is 13.2 Å². The van der Waals surface area contributed by atoms with E-state index in [1.807, 2.05) is 6.92 Å². The zero-order valence-electron chi connectivity index (χ0n) is 11.8. The molecule has 0 amide bonds. The van der Waals surface area contributed by atoms with Crippen molar-refractivity contribution in [3.8, 4) is 5.88 Å². The molecule has 0 bridgehead atoms. The number of nitrogens with zero attached hydrogens (tertiary/aromatic N) is 1. The summed E-state index contributed by atoms with van der Waals surface area (Å²) in [5, 5.41) is 0. The van der Waals surface area contributed by atoms with Crippen LogP contribution < -0.4 is 15.2 Å². The summed E-state index contributed by atoms with van der Waals surface area (Å²) in [7, 11) is -2.14. The molecule has 0 fully saturated rings. The summed E-state index contributed by atoms with van der Waals surface area (Å²) in [6, 6.07) is 8.25. The number of hydrogen-bond donors (Lipinski definition) is 2. The lowest BCUT2D eigenvalue weighted by Crippen LogP contribution is -2.24. The maximum absolute atomic E-state index is 12.2. The minimum atomic E-state index is -3.66. The maximum Gasteiger partial charge on any atom is 0.242 e. The normalized spacial score (nSPS) is 11.3. The Bertz CT molecular complexity index is 728. The summed E-state index contributed by atoms with van der Waals surface area (Å²) in [4.78, 5) is 4.10. The fourth-order valence-electron chi connectivity index (χ4n) is 1.80. The van der Waals surface area contributed by atoms with Gasteiger partial charge in [0.2, 0.25) is 15.9 Å². The second-order valence-electron chi connectivity index (χ2n) is 4.57. The molecule has 0 saturated carbocycles. The lowest BCUT2D eigenvalue weighted by molar-refractivity contribution is 0.397. The van der Waals surface area contributed by atoms with Gasteiger partial charge in [-0.3, -0.25) is 0 Å². The molecule has 112 valence electrons. The van der Waals surface area contributed by atoms with E-state index in [-0.39, 0.29) is 17.1 Å². The third kappa shape index (κ3) is 3.71. The number of sulfonamides is 1. The Kier molecular flexibility index (Phi) is 4.44. The van der Waals surface area contributed by atoms with Crippen LogP contribution in [0.1, 0.15) is 11.1 Å². The third-order valence-electron chi connectivity index (χ3n) is 2.93. The second-order valence-corrected chi connectivity index (χ2v) is 6.31. The van der Waals surface area contributed by atoms with Crippen molar-refractivity contribution in [2.45, 2.75) is 18.4 Å². The lowest BCUT2D eigenvalue weighted by Gasteiger charge is -2.10. The fraction of sp³-hybridized carbons (Fsp3) is 0.214. The summed E-state index contributed by atoms with van der Waals surface area (Å²) in [6.45, 7) is 1.98. The van der Waals surface area contributed by atoms with Crippen LogP contribution in [0, 0.1) is 6.92 Å². The standard InChI is InChI=1S/C14H17N3O3S/c1-10-3-5-13(12(15)7-10)21(18,19)17-9-11-4-6-14(20-2)16-8-11/h3-8,17H,9,15H2,1-2H3.